The van der Waals surface area contributed by atoms with Crippen molar-refractivity contribution in [2.45, 2.75) is 19.6 Å². The molecule has 1 saturated heterocycles. The van der Waals surface area contributed by atoms with Crippen LogP contribution in [0.2, 0.25) is 5.15 Å². The Hall–Kier alpha value is -0.840. The number of pyridine rings is 1. The average molecular weight is 270 g/mol. The zero-order valence-corrected chi connectivity index (χ0v) is 11.9. The minimum atomic E-state index is 0.265. The fourth-order valence-corrected chi connectivity index (χ4v) is 2.37. The number of hydrogen-bond donors (Lipinski definition) is 0. The second kappa shape index (κ2) is 5.87. The molecule has 0 aromatic carbocycles. The van der Waals surface area contributed by atoms with E-state index in [0.29, 0.717) is 5.15 Å². The van der Waals surface area contributed by atoms with Gasteiger partial charge in [0.2, 0.25) is 0 Å². The molecule has 2 heterocycles. The van der Waals surface area contributed by atoms with E-state index in [9.17, 15) is 0 Å². The minimum absolute atomic E-state index is 0.265. The summed E-state index contributed by atoms with van der Waals surface area (Å²) in [6.07, 6.45) is 0.265. The van der Waals surface area contributed by atoms with E-state index in [4.69, 9.17) is 16.3 Å². The van der Waals surface area contributed by atoms with Gasteiger partial charge in [-0.25, -0.2) is 4.98 Å². The van der Waals surface area contributed by atoms with Crippen molar-refractivity contribution in [1.82, 2.24) is 9.88 Å². The van der Waals surface area contributed by atoms with Crippen molar-refractivity contribution in [2.24, 2.45) is 0 Å². The maximum absolute atomic E-state index is 6.00. The highest BCUT2D eigenvalue weighted by Crippen LogP contribution is 2.24. The molecule has 1 aromatic heterocycles. The first kappa shape index (κ1) is 13.6. The first-order valence-corrected chi connectivity index (χ1v) is 6.61. The molecule has 0 aliphatic carbocycles. The van der Waals surface area contributed by atoms with Gasteiger partial charge in [-0.15, -0.1) is 0 Å². The molecule has 1 aliphatic heterocycles. The van der Waals surface area contributed by atoms with Crippen LogP contribution in [0.4, 0.5) is 5.69 Å². The molecule has 0 saturated carbocycles. The third kappa shape index (κ3) is 3.34. The van der Waals surface area contributed by atoms with Crippen molar-refractivity contribution in [3.8, 4) is 0 Å². The van der Waals surface area contributed by atoms with E-state index in [-0.39, 0.29) is 6.10 Å². The number of aromatic nitrogens is 1. The lowest BCUT2D eigenvalue weighted by Crippen LogP contribution is -2.41. The van der Waals surface area contributed by atoms with Gasteiger partial charge in [0.25, 0.3) is 0 Å². The molecule has 1 aliphatic rings. The van der Waals surface area contributed by atoms with Crippen LogP contribution in [0.5, 0.6) is 0 Å². The highest BCUT2D eigenvalue weighted by Gasteiger charge is 2.20. The second-order valence-corrected chi connectivity index (χ2v) is 5.35. The fraction of sp³-hybridized carbons (Fsp3) is 0.615. The normalized spacial score (nSPS) is 20.5. The minimum Gasteiger partial charge on any atom is -0.375 e. The summed E-state index contributed by atoms with van der Waals surface area (Å²) < 4.78 is 5.58. The quantitative estimate of drug-likeness (QED) is 0.785. The molecule has 5 heteroatoms. The lowest BCUT2D eigenvalue weighted by Gasteiger charge is -2.34. The van der Waals surface area contributed by atoms with Crippen molar-refractivity contribution in [1.29, 1.82) is 0 Å². The summed E-state index contributed by atoms with van der Waals surface area (Å²) in [6.45, 7) is 5.48. The van der Waals surface area contributed by atoms with Gasteiger partial charge in [0.1, 0.15) is 5.15 Å². The summed E-state index contributed by atoms with van der Waals surface area (Å²) in [5.41, 5.74) is 2.20. The summed E-state index contributed by atoms with van der Waals surface area (Å²) >= 11 is 6.00. The lowest BCUT2D eigenvalue weighted by molar-refractivity contribution is 0.0531. The molecule has 0 amide bonds. The molecular formula is C13H20ClN3O. The first-order valence-electron chi connectivity index (χ1n) is 6.23. The van der Waals surface area contributed by atoms with Crippen molar-refractivity contribution in [2.75, 3.05) is 38.7 Å². The third-order valence-electron chi connectivity index (χ3n) is 2.96. The molecule has 2 rings (SSSR count). The first-order chi connectivity index (χ1) is 8.56. The van der Waals surface area contributed by atoms with Crippen LogP contribution in [0.25, 0.3) is 0 Å². The Morgan fingerprint density at radius 1 is 1.50 bits per heavy atom. The Bertz CT molecular complexity index is 411. The number of anilines is 1. The maximum atomic E-state index is 6.00. The van der Waals surface area contributed by atoms with Crippen LogP contribution < -0.4 is 4.90 Å². The maximum Gasteiger partial charge on any atom is 0.129 e. The summed E-state index contributed by atoms with van der Waals surface area (Å²) in [5, 5.41) is 0.553. The van der Waals surface area contributed by atoms with E-state index in [1.165, 1.54) is 5.69 Å². The molecule has 0 N–H and O–H groups in total. The molecule has 1 fully saturated rings. The topological polar surface area (TPSA) is 28.6 Å². The van der Waals surface area contributed by atoms with Gasteiger partial charge in [-0.05, 0) is 33.2 Å². The summed E-state index contributed by atoms with van der Waals surface area (Å²) in [6, 6.07) is 3.92. The fourth-order valence-electron chi connectivity index (χ4n) is 2.21. The number of ether oxygens (including phenoxy) is 1. The zero-order chi connectivity index (χ0) is 13.1. The smallest absolute Gasteiger partial charge is 0.129 e. The van der Waals surface area contributed by atoms with Crippen molar-refractivity contribution in [3.05, 3.63) is 23.0 Å². The molecule has 1 atom stereocenters. The highest BCUT2D eigenvalue weighted by atomic mass is 35.5. The van der Waals surface area contributed by atoms with Gasteiger partial charge < -0.3 is 14.5 Å². The highest BCUT2D eigenvalue weighted by molar-refractivity contribution is 6.29. The van der Waals surface area contributed by atoms with E-state index < -0.39 is 0 Å². The van der Waals surface area contributed by atoms with Gasteiger partial charge in [0.15, 0.2) is 0 Å². The Labute approximate surface area is 114 Å². The third-order valence-corrected chi connectivity index (χ3v) is 3.17. The number of morpholine rings is 1. The van der Waals surface area contributed by atoms with E-state index in [2.05, 4.69) is 27.8 Å². The van der Waals surface area contributed by atoms with Gasteiger partial charge in [-0.1, -0.05) is 11.6 Å². The molecule has 100 valence electrons. The van der Waals surface area contributed by atoms with Gasteiger partial charge in [-0.3, -0.25) is 0 Å². The monoisotopic (exact) mass is 269 g/mol. The summed E-state index contributed by atoms with van der Waals surface area (Å²) in [5.74, 6) is 0. The Kier molecular flexibility index (Phi) is 4.43. The molecule has 0 radical (unpaired) electrons. The van der Waals surface area contributed by atoms with Crippen LogP contribution in [0.15, 0.2) is 12.1 Å². The summed E-state index contributed by atoms with van der Waals surface area (Å²) in [7, 11) is 4.07. The zero-order valence-electron chi connectivity index (χ0n) is 11.2. The second-order valence-electron chi connectivity index (χ2n) is 4.97. The van der Waals surface area contributed by atoms with Crippen LogP contribution in [-0.2, 0) is 11.3 Å². The Morgan fingerprint density at radius 3 is 2.94 bits per heavy atom. The Balaban J connectivity index is 2.25. The van der Waals surface area contributed by atoms with Gasteiger partial charge in [0, 0.05) is 19.6 Å². The average Bonchev–Trinajstić information content (AvgIpc) is 2.28. The molecular weight excluding hydrogens is 250 g/mol. The lowest BCUT2D eigenvalue weighted by atomic mass is 10.2. The van der Waals surface area contributed by atoms with Crippen LogP contribution in [0.3, 0.4) is 0 Å². The number of rotatable bonds is 3. The molecule has 0 bridgehead atoms. The van der Waals surface area contributed by atoms with Crippen molar-refractivity contribution < 1.29 is 4.74 Å². The van der Waals surface area contributed by atoms with Gasteiger partial charge in [-0.2, -0.15) is 0 Å². The predicted octanol–water partition coefficient (Wildman–Crippen LogP) is 2.02. The Morgan fingerprint density at radius 2 is 2.28 bits per heavy atom. The van der Waals surface area contributed by atoms with E-state index in [1.54, 1.807) is 0 Å². The van der Waals surface area contributed by atoms with E-state index in [1.807, 2.05) is 20.2 Å². The largest absolute Gasteiger partial charge is 0.375 e. The summed E-state index contributed by atoms with van der Waals surface area (Å²) in [4.78, 5) is 8.89. The molecule has 0 spiro atoms. The van der Waals surface area contributed by atoms with Crippen LogP contribution >= 0.6 is 11.6 Å². The van der Waals surface area contributed by atoms with Crippen molar-refractivity contribution in [3.63, 3.8) is 0 Å². The van der Waals surface area contributed by atoms with Crippen LogP contribution in [-0.4, -0.2) is 49.8 Å². The molecule has 18 heavy (non-hydrogen) atoms. The van der Waals surface area contributed by atoms with Crippen molar-refractivity contribution >= 4 is 17.3 Å². The van der Waals surface area contributed by atoms with Gasteiger partial charge >= 0.3 is 0 Å². The molecule has 4 nitrogen and oxygen atoms in total. The van der Waals surface area contributed by atoms with Crippen LogP contribution in [0, 0.1) is 0 Å². The molecule has 0 unspecified atom stereocenters. The number of halogens is 1. The predicted molar refractivity (Wildman–Crippen MR) is 74.3 cm³/mol. The van der Waals surface area contributed by atoms with E-state index in [0.717, 1.165) is 31.9 Å². The van der Waals surface area contributed by atoms with Crippen LogP contribution in [0.1, 0.15) is 12.6 Å². The number of hydrogen-bond acceptors (Lipinski definition) is 4. The van der Waals surface area contributed by atoms with E-state index >= 15 is 0 Å². The SMILES string of the molecule is C[C@H]1CN(c2ccc(Cl)nc2CN(C)C)CCO1. The molecule has 1 aromatic rings. The standard InChI is InChI=1S/C13H20ClN3O/c1-10-8-17(6-7-18-10)12-4-5-13(14)15-11(12)9-16(2)3/h4-5,10H,6-9H2,1-3H3/t10-/m0/s1. The number of nitrogens with zero attached hydrogens (tertiary/aromatic N) is 3. The van der Waals surface area contributed by atoms with Gasteiger partial charge in [0.05, 0.1) is 24.1 Å².